The number of rotatable bonds is 3. The number of furan rings is 1. The molecule has 3 N–H and O–H groups in total. The van der Waals surface area contributed by atoms with Gasteiger partial charge in [0.05, 0.1) is 6.21 Å². The number of aromatic hydroxyl groups is 2. The molecule has 2 rings (SSSR count). The fraction of sp³-hybridized carbons (Fsp3) is 0.250. The first kappa shape index (κ1) is 19.2. The zero-order valence-corrected chi connectivity index (χ0v) is 13.2. The van der Waals surface area contributed by atoms with Gasteiger partial charge in [-0.25, -0.2) is 0 Å². The molecule has 0 spiro atoms. The Morgan fingerprint density at radius 1 is 1.14 bits per heavy atom. The number of carbonyl (C=O) groups excluding carboxylic acids is 1. The second-order valence-electron chi connectivity index (χ2n) is 3.83. The van der Waals surface area contributed by atoms with Crippen LogP contribution in [0.1, 0.15) is 35.7 Å². The van der Waals surface area contributed by atoms with E-state index < -0.39 is 0 Å². The Labute approximate surface area is 130 Å². The van der Waals surface area contributed by atoms with Gasteiger partial charge in [0.2, 0.25) is 0 Å². The summed E-state index contributed by atoms with van der Waals surface area (Å²) < 4.78 is 5.20. The minimum atomic E-state index is -0.109. The van der Waals surface area contributed by atoms with Gasteiger partial charge in [-0.3, -0.25) is 4.79 Å². The smallest absolute Gasteiger partial charge is 0.150 e. The van der Waals surface area contributed by atoms with Crippen LogP contribution in [0.3, 0.4) is 0 Å². The van der Waals surface area contributed by atoms with Crippen molar-refractivity contribution in [3.8, 4) is 11.5 Å². The van der Waals surface area contributed by atoms with Gasteiger partial charge >= 0.3 is 0 Å². The number of aldehydes is 1. The Morgan fingerprint density at radius 2 is 1.73 bits per heavy atom. The fourth-order valence-electron chi connectivity index (χ4n) is 1.34. The maximum absolute atomic E-state index is 10.1. The molecule has 0 radical (unpaired) electrons. The van der Waals surface area contributed by atoms with Crippen molar-refractivity contribution in [2.45, 2.75) is 20.8 Å². The molecule has 0 saturated heterocycles. The highest BCUT2D eigenvalue weighted by molar-refractivity contribution is 5.76. The maximum Gasteiger partial charge on any atom is 0.150 e. The number of benzene rings is 1. The van der Waals surface area contributed by atoms with Gasteiger partial charge in [0.1, 0.15) is 29.3 Å². The molecule has 1 heterocycles. The van der Waals surface area contributed by atoms with Gasteiger partial charge in [-0.2, -0.15) is 5.10 Å². The van der Waals surface area contributed by atoms with E-state index in [2.05, 4.69) is 10.5 Å². The third kappa shape index (κ3) is 7.74. The number of nitrogens with zero attached hydrogens (tertiary/aromatic N) is 1. The second kappa shape index (κ2) is 11.0. The first-order valence-corrected chi connectivity index (χ1v) is 6.79. The molecule has 0 aliphatic heterocycles. The second-order valence-corrected chi connectivity index (χ2v) is 3.83. The molecule has 0 fully saturated rings. The Balaban J connectivity index is 0.000000360. The highest BCUT2D eigenvalue weighted by Crippen LogP contribution is 2.18. The van der Waals surface area contributed by atoms with Gasteiger partial charge < -0.3 is 20.1 Å². The van der Waals surface area contributed by atoms with Gasteiger partial charge in [0.25, 0.3) is 0 Å². The van der Waals surface area contributed by atoms with Crippen LogP contribution in [0.5, 0.6) is 11.5 Å². The number of hydrazone groups is 1. The highest BCUT2D eigenvalue weighted by Gasteiger charge is 1.95. The van der Waals surface area contributed by atoms with Crippen LogP contribution in [0, 0.1) is 6.92 Å². The summed E-state index contributed by atoms with van der Waals surface area (Å²) in [5.74, 6) is 1.45. The first-order valence-electron chi connectivity index (χ1n) is 6.79. The molecule has 1 aromatic heterocycles. The van der Waals surface area contributed by atoms with Gasteiger partial charge in [0, 0.05) is 18.7 Å². The lowest BCUT2D eigenvalue weighted by atomic mass is 10.2. The van der Waals surface area contributed by atoms with Crippen LogP contribution >= 0.6 is 0 Å². The number of aryl methyl sites for hydroxylation is 1. The van der Waals surface area contributed by atoms with E-state index in [0.29, 0.717) is 6.29 Å². The van der Waals surface area contributed by atoms with E-state index in [1.807, 2.05) is 32.9 Å². The molecule has 120 valence electrons. The van der Waals surface area contributed by atoms with Crippen molar-refractivity contribution in [3.05, 3.63) is 47.4 Å². The predicted octanol–water partition coefficient (Wildman–Crippen LogP) is 3.08. The summed E-state index contributed by atoms with van der Waals surface area (Å²) in [6, 6.07) is 7.47. The van der Waals surface area contributed by atoms with E-state index in [9.17, 15) is 4.79 Å². The Morgan fingerprint density at radius 3 is 2.14 bits per heavy atom. The molecule has 0 aliphatic carbocycles. The topological polar surface area (TPSA) is 95.1 Å². The van der Waals surface area contributed by atoms with E-state index in [1.54, 1.807) is 13.3 Å². The van der Waals surface area contributed by atoms with Crippen molar-refractivity contribution < 1.29 is 19.4 Å². The number of phenols is 2. The van der Waals surface area contributed by atoms with E-state index >= 15 is 0 Å². The van der Waals surface area contributed by atoms with Crippen molar-refractivity contribution in [3.63, 3.8) is 0 Å². The first-order chi connectivity index (χ1) is 10.5. The van der Waals surface area contributed by atoms with Crippen LogP contribution in [-0.2, 0) is 0 Å². The average Bonchev–Trinajstić information content (AvgIpc) is 2.92. The highest BCUT2D eigenvalue weighted by atomic mass is 16.3. The van der Waals surface area contributed by atoms with Gasteiger partial charge in [-0.05, 0) is 31.2 Å². The number of hydrogen-bond donors (Lipinski definition) is 3. The molecular formula is C16H22N2O4. The lowest BCUT2D eigenvalue weighted by Crippen LogP contribution is -1.93. The largest absolute Gasteiger partial charge is 0.508 e. The quantitative estimate of drug-likeness (QED) is 0.460. The van der Waals surface area contributed by atoms with Crippen molar-refractivity contribution in [2.24, 2.45) is 5.10 Å². The Kier molecular flexibility index (Phi) is 9.59. The molecule has 6 nitrogen and oxygen atoms in total. The van der Waals surface area contributed by atoms with Gasteiger partial charge in [-0.15, -0.1) is 0 Å². The zero-order chi connectivity index (χ0) is 17.0. The monoisotopic (exact) mass is 306 g/mol. The average molecular weight is 306 g/mol. The molecule has 0 saturated carbocycles. The number of carbonyl (C=O) groups is 1. The normalized spacial score (nSPS) is 9.27. The SMILES string of the molecule is CC.CN/N=C/c1ccc(C)o1.O=Cc1cc(O)cc(O)c1. The number of nitrogens with one attached hydrogen (secondary N) is 1. The molecule has 6 heteroatoms. The lowest BCUT2D eigenvalue weighted by Gasteiger charge is -1.94. The summed E-state index contributed by atoms with van der Waals surface area (Å²) in [5, 5.41) is 21.4. The van der Waals surface area contributed by atoms with Crippen molar-refractivity contribution in [1.82, 2.24) is 5.43 Å². The molecule has 0 unspecified atom stereocenters. The summed E-state index contributed by atoms with van der Waals surface area (Å²) >= 11 is 0. The van der Waals surface area contributed by atoms with E-state index in [4.69, 9.17) is 14.6 Å². The fourth-order valence-corrected chi connectivity index (χ4v) is 1.34. The minimum Gasteiger partial charge on any atom is -0.508 e. The van der Waals surface area contributed by atoms with Gasteiger partial charge in [-0.1, -0.05) is 13.8 Å². The van der Waals surface area contributed by atoms with Crippen LogP contribution in [0.4, 0.5) is 0 Å². The summed E-state index contributed by atoms with van der Waals surface area (Å²) in [4.78, 5) is 10.1. The summed E-state index contributed by atoms with van der Waals surface area (Å²) in [5.41, 5.74) is 2.90. The molecule has 0 atom stereocenters. The van der Waals surface area contributed by atoms with Crippen LogP contribution < -0.4 is 5.43 Å². The third-order valence-electron chi connectivity index (χ3n) is 2.14. The van der Waals surface area contributed by atoms with Crippen LogP contribution in [0.2, 0.25) is 0 Å². The minimum absolute atomic E-state index is 0.109. The molecule has 1 aromatic carbocycles. The molecule has 0 bridgehead atoms. The lowest BCUT2D eigenvalue weighted by molar-refractivity contribution is 0.112. The van der Waals surface area contributed by atoms with E-state index in [0.717, 1.165) is 17.6 Å². The van der Waals surface area contributed by atoms with Crippen molar-refractivity contribution >= 4 is 12.5 Å². The third-order valence-corrected chi connectivity index (χ3v) is 2.14. The van der Waals surface area contributed by atoms with Crippen LogP contribution in [0.25, 0.3) is 0 Å². The zero-order valence-electron chi connectivity index (χ0n) is 13.2. The van der Waals surface area contributed by atoms with Crippen molar-refractivity contribution in [2.75, 3.05) is 7.05 Å². The molecule has 2 aromatic rings. The van der Waals surface area contributed by atoms with Crippen LogP contribution in [-0.4, -0.2) is 29.8 Å². The molecular weight excluding hydrogens is 284 g/mol. The van der Waals surface area contributed by atoms with E-state index in [-0.39, 0.29) is 17.1 Å². The molecule has 0 amide bonds. The summed E-state index contributed by atoms with van der Waals surface area (Å²) in [7, 11) is 1.74. The summed E-state index contributed by atoms with van der Waals surface area (Å²) in [6.07, 6.45) is 2.19. The standard InChI is InChI=1S/C7H10N2O.C7H6O3.C2H6/c1-6-3-4-7(10-6)5-9-8-2;8-4-5-1-6(9)3-7(10)2-5;1-2/h3-5,8H,1-2H3;1-4,9-10H;1-2H3/b9-5+;;. The molecule has 0 aliphatic rings. The van der Waals surface area contributed by atoms with Gasteiger partial charge in [0.15, 0.2) is 0 Å². The Bertz CT molecular complexity index is 571. The number of hydrogen-bond acceptors (Lipinski definition) is 6. The summed E-state index contributed by atoms with van der Waals surface area (Å²) in [6.45, 7) is 5.90. The van der Waals surface area contributed by atoms with Crippen LogP contribution in [0.15, 0.2) is 39.9 Å². The molecule has 22 heavy (non-hydrogen) atoms. The maximum atomic E-state index is 10.1. The predicted molar refractivity (Wildman–Crippen MR) is 86.6 cm³/mol. The van der Waals surface area contributed by atoms with E-state index in [1.165, 1.54) is 12.1 Å². The Hall–Kier alpha value is -2.76. The number of phenolic OH excluding ortho intramolecular Hbond substituents is 2. The van der Waals surface area contributed by atoms with Crippen molar-refractivity contribution in [1.29, 1.82) is 0 Å².